The first-order chi connectivity index (χ1) is 15.6. The lowest BCUT2D eigenvalue weighted by molar-refractivity contribution is -0.142. The van der Waals surface area contributed by atoms with Crippen LogP contribution in [0.3, 0.4) is 0 Å². The van der Waals surface area contributed by atoms with Gasteiger partial charge < -0.3 is 14.0 Å². The Balaban J connectivity index is 1.71. The number of aromatic amines is 1. The Morgan fingerprint density at radius 1 is 1.36 bits per heavy atom. The number of esters is 1. The monoisotopic (exact) mass is 499 g/mol. The number of halogens is 1. The summed E-state index contributed by atoms with van der Waals surface area (Å²) in [5, 5.41) is 2.87. The Labute approximate surface area is 193 Å². The van der Waals surface area contributed by atoms with Gasteiger partial charge in [-0.3, -0.25) is 23.7 Å². The number of nitrogens with zero attached hydrogens (tertiary/aromatic N) is 1. The number of methoxy groups -OCH3 is 1. The molecule has 1 aliphatic heterocycles. The van der Waals surface area contributed by atoms with Crippen molar-refractivity contribution in [3.05, 3.63) is 74.0 Å². The number of aryl methyl sites for hydroxylation is 1. The molecule has 4 unspecified atom stereocenters. The number of nitrogens with one attached hydrogen (secondary N) is 2. The standard InChI is InChI=1S/C20H23ClN3O8P/c1-12-10-24(20(27)22-18(12)25)17-8-7-16(31-17)11-30-33(28,23-13(2)19(26)29-3)32-15-6-4-5-14(21)9-15/h4-10,13,16-17H,11H2,1-3H3,(H,23,28)(H,22,25,27). The fraction of sp³-hybridized carbons (Fsp3) is 0.350. The van der Waals surface area contributed by atoms with E-state index in [1.807, 2.05) is 0 Å². The van der Waals surface area contributed by atoms with Gasteiger partial charge in [-0.1, -0.05) is 23.7 Å². The highest BCUT2D eigenvalue weighted by Crippen LogP contribution is 2.45. The summed E-state index contributed by atoms with van der Waals surface area (Å²) in [5.74, 6) is -0.509. The van der Waals surface area contributed by atoms with Gasteiger partial charge in [0, 0.05) is 16.8 Å². The Morgan fingerprint density at radius 2 is 2.12 bits per heavy atom. The van der Waals surface area contributed by atoms with Crippen LogP contribution in [0.2, 0.25) is 5.02 Å². The van der Waals surface area contributed by atoms with E-state index in [0.29, 0.717) is 10.6 Å². The first-order valence-electron chi connectivity index (χ1n) is 9.81. The molecule has 0 amide bonds. The number of rotatable bonds is 9. The quantitative estimate of drug-likeness (QED) is 0.302. The van der Waals surface area contributed by atoms with Crippen molar-refractivity contribution in [3.63, 3.8) is 0 Å². The molecule has 0 bridgehead atoms. The van der Waals surface area contributed by atoms with Gasteiger partial charge in [0.15, 0.2) is 6.23 Å². The number of carbonyl (C=O) groups is 1. The molecule has 0 aliphatic carbocycles. The first kappa shape index (κ1) is 24.9. The summed E-state index contributed by atoms with van der Waals surface area (Å²) in [6, 6.07) is 5.18. The van der Waals surface area contributed by atoms with Crippen molar-refractivity contribution in [2.75, 3.05) is 13.7 Å². The maximum absolute atomic E-state index is 13.4. The summed E-state index contributed by atoms with van der Waals surface area (Å²) in [5.41, 5.74) is -0.778. The average Bonchev–Trinajstić information content (AvgIpc) is 3.23. The molecule has 11 nitrogen and oxygen atoms in total. The number of benzene rings is 1. The SMILES string of the molecule is COC(=O)C(C)NP(=O)(OCC1C=CC(n2cc(C)c(=O)[nH]c2=O)O1)Oc1cccc(Cl)c1. The van der Waals surface area contributed by atoms with Crippen LogP contribution in [0.5, 0.6) is 5.75 Å². The van der Waals surface area contributed by atoms with Crippen molar-refractivity contribution in [2.45, 2.75) is 32.2 Å². The summed E-state index contributed by atoms with van der Waals surface area (Å²) in [4.78, 5) is 37.7. The zero-order valence-corrected chi connectivity index (χ0v) is 19.7. The molecule has 3 rings (SSSR count). The van der Waals surface area contributed by atoms with Crippen LogP contribution < -0.4 is 20.9 Å². The molecule has 1 aliphatic rings. The van der Waals surface area contributed by atoms with Crippen LogP contribution in [-0.2, 0) is 23.4 Å². The molecule has 0 saturated heterocycles. The minimum Gasteiger partial charge on any atom is -0.468 e. The number of hydrogen-bond acceptors (Lipinski definition) is 8. The van der Waals surface area contributed by atoms with E-state index in [1.54, 1.807) is 31.2 Å². The van der Waals surface area contributed by atoms with Crippen molar-refractivity contribution in [1.29, 1.82) is 0 Å². The fourth-order valence-corrected chi connectivity index (χ4v) is 4.58. The van der Waals surface area contributed by atoms with Gasteiger partial charge in [0.2, 0.25) is 0 Å². The zero-order valence-electron chi connectivity index (χ0n) is 18.0. The molecule has 0 spiro atoms. The Kier molecular flexibility index (Phi) is 7.93. The molecule has 2 aromatic rings. The Hall–Kier alpha value is -2.69. The summed E-state index contributed by atoms with van der Waals surface area (Å²) < 4.78 is 36.1. The van der Waals surface area contributed by atoms with Crippen LogP contribution in [0.4, 0.5) is 0 Å². The largest absolute Gasteiger partial charge is 0.468 e. The molecule has 0 saturated carbocycles. The molecule has 0 fully saturated rings. The van der Waals surface area contributed by atoms with Crippen LogP contribution >= 0.6 is 19.3 Å². The van der Waals surface area contributed by atoms with E-state index in [-0.39, 0.29) is 12.4 Å². The van der Waals surface area contributed by atoms with Crippen LogP contribution in [0.1, 0.15) is 18.7 Å². The van der Waals surface area contributed by atoms with Gasteiger partial charge in [0.1, 0.15) is 17.9 Å². The lowest BCUT2D eigenvalue weighted by atomic mass is 10.3. The van der Waals surface area contributed by atoms with E-state index in [2.05, 4.69) is 14.8 Å². The van der Waals surface area contributed by atoms with Gasteiger partial charge in [-0.25, -0.2) is 9.36 Å². The van der Waals surface area contributed by atoms with Crippen molar-refractivity contribution in [3.8, 4) is 5.75 Å². The first-order valence-corrected chi connectivity index (χ1v) is 11.7. The van der Waals surface area contributed by atoms with Crippen molar-refractivity contribution in [1.82, 2.24) is 14.6 Å². The zero-order chi connectivity index (χ0) is 24.2. The van der Waals surface area contributed by atoms with Crippen molar-refractivity contribution in [2.24, 2.45) is 0 Å². The number of H-pyrrole nitrogens is 1. The molecule has 178 valence electrons. The highest BCUT2D eigenvalue weighted by atomic mass is 35.5. The molecule has 0 radical (unpaired) electrons. The molecule has 4 atom stereocenters. The molecule has 1 aromatic carbocycles. The van der Waals surface area contributed by atoms with Gasteiger partial charge in [-0.15, -0.1) is 0 Å². The topological polar surface area (TPSA) is 138 Å². The maximum atomic E-state index is 13.4. The van der Waals surface area contributed by atoms with Crippen molar-refractivity contribution >= 4 is 25.3 Å². The number of ether oxygens (including phenoxy) is 2. The third kappa shape index (κ3) is 6.43. The van der Waals surface area contributed by atoms with E-state index in [4.69, 9.17) is 25.4 Å². The van der Waals surface area contributed by atoms with Gasteiger partial charge in [0.05, 0.1) is 13.7 Å². The number of hydrogen-bond donors (Lipinski definition) is 2. The van der Waals surface area contributed by atoms with Gasteiger partial charge >= 0.3 is 19.4 Å². The van der Waals surface area contributed by atoms with Crippen LogP contribution in [0.25, 0.3) is 0 Å². The fourth-order valence-electron chi connectivity index (χ4n) is 2.91. The smallest absolute Gasteiger partial charge is 0.459 e. The van der Waals surface area contributed by atoms with E-state index in [1.165, 1.54) is 36.9 Å². The van der Waals surface area contributed by atoms with E-state index < -0.39 is 43.3 Å². The maximum Gasteiger partial charge on any atom is 0.459 e. The number of aromatic nitrogens is 2. The third-order valence-corrected chi connectivity index (χ3v) is 6.44. The lowest BCUT2D eigenvalue weighted by Crippen LogP contribution is -2.35. The number of carbonyl (C=O) groups excluding carboxylic acids is 1. The molecule has 13 heteroatoms. The molecule has 2 heterocycles. The minimum absolute atomic E-state index is 0.159. The van der Waals surface area contributed by atoms with Crippen LogP contribution in [-0.4, -0.2) is 41.4 Å². The van der Waals surface area contributed by atoms with Crippen LogP contribution in [0, 0.1) is 6.92 Å². The highest BCUT2D eigenvalue weighted by molar-refractivity contribution is 7.52. The predicted molar refractivity (Wildman–Crippen MR) is 119 cm³/mol. The molecular formula is C20H23ClN3O8P. The van der Waals surface area contributed by atoms with Gasteiger partial charge in [0.25, 0.3) is 5.56 Å². The Bertz CT molecular complexity index is 1210. The third-order valence-electron chi connectivity index (χ3n) is 4.56. The molecular weight excluding hydrogens is 477 g/mol. The van der Waals surface area contributed by atoms with E-state index in [0.717, 1.165) is 0 Å². The van der Waals surface area contributed by atoms with Gasteiger partial charge in [-0.05, 0) is 38.1 Å². The highest BCUT2D eigenvalue weighted by Gasteiger charge is 2.34. The summed E-state index contributed by atoms with van der Waals surface area (Å²) in [6.45, 7) is 2.77. The van der Waals surface area contributed by atoms with E-state index in [9.17, 15) is 18.9 Å². The summed E-state index contributed by atoms with van der Waals surface area (Å²) in [7, 11) is -2.90. The summed E-state index contributed by atoms with van der Waals surface area (Å²) >= 11 is 5.96. The molecule has 2 N–H and O–H groups in total. The van der Waals surface area contributed by atoms with E-state index >= 15 is 0 Å². The second-order valence-corrected chi connectivity index (χ2v) is 9.27. The second kappa shape index (κ2) is 10.5. The average molecular weight is 500 g/mol. The van der Waals surface area contributed by atoms with Gasteiger partial charge in [-0.2, -0.15) is 5.09 Å². The lowest BCUT2D eigenvalue weighted by Gasteiger charge is -2.24. The Morgan fingerprint density at radius 3 is 2.82 bits per heavy atom. The predicted octanol–water partition coefficient (Wildman–Crippen LogP) is 2.31. The molecule has 33 heavy (non-hydrogen) atoms. The van der Waals surface area contributed by atoms with Crippen molar-refractivity contribution < 1.29 is 27.9 Å². The second-order valence-electron chi connectivity index (χ2n) is 7.14. The van der Waals surface area contributed by atoms with Crippen LogP contribution in [0.15, 0.2) is 52.2 Å². The minimum atomic E-state index is -4.09. The molecule has 1 aromatic heterocycles. The summed E-state index contributed by atoms with van der Waals surface area (Å²) in [6.07, 6.45) is 3.11. The normalized spacial score (nSPS) is 20.2.